The summed E-state index contributed by atoms with van der Waals surface area (Å²) in [5.41, 5.74) is 2.45. The number of allylic oxidation sites excluding steroid dienone is 1. The second-order valence-corrected chi connectivity index (χ2v) is 7.58. The fourth-order valence-corrected chi connectivity index (χ4v) is 3.73. The van der Waals surface area contributed by atoms with E-state index in [0.29, 0.717) is 34.0 Å². The molecule has 3 rings (SSSR count). The fourth-order valence-electron chi connectivity index (χ4n) is 2.77. The van der Waals surface area contributed by atoms with Crippen molar-refractivity contribution in [2.45, 2.75) is 18.6 Å². The van der Waals surface area contributed by atoms with Crippen LogP contribution in [0.15, 0.2) is 60.3 Å². The van der Waals surface area contributed by atoms with E-state index in [1.807, 2.05) is 47.9 Å². The number of carbonyl (C=O) groups excluding carboxylic acids is 1. The Morgan fingerprint density at radius 1 is 1.31 bits per heavy atom. The highest BCUT2D eigenvalue weighted by Crippen LogP contribution is 2.30. The Bertz CT molecular complexity index is 1040. The number of rotatable bonds is 8. The van der Waals surface area contributed by atoms with E-state index in [4.69, 9.17) is 16.3 Å². The number of carbonyl (C=O) groups is 1. The first-order chi connectivity index (χ1) is 14.0. The smallest absolute Gasteiger partial charge is 0.234 e. The molecule has 0 fully saturated rings. The van der Waals surface area contributed by atoms with E-state index in [-0.39, 0.29) is 11.7 Å². The van der Waals surface area contributed by atoms with Crippen molar-refractivity contribution in [2.24, 2.45) is 0 Å². The topological polar surface area (TPSA) is 69.0 Å². The van der Waals surface area contributed by atoms with Crippen LogP contribution in [0.4, 0.5) is 5.69 Å². The van der Waals surface area contributed by atoms with Crippen molar-refractivity contribution >= 4 is 35.0 Å². The third-order valence-electron chi connectivity index (χ3n) is 4.10. The zero-order chi connectivity index (χ0) is 20.8. The highest BCUT2D eigenvalue weighted by atomic mass is 35.5. The molecule has 0 unspecified atom stereocenters. The number of aryl methyl sites for hydroxylation is 1. The Balaban J connectivity index is 1.76. The van der Waals surface area contributed by atoms with Gasteiger partial charge in [-0.15, -0.1) is 16.8 Å². The maximum Gasteiger partial charge on any atom is 0.234 e. The van der Waals surface area contributed by atoms with Gasteiger partial charge in [0, 0.05) is 12.1 Å². The molecule has 0 radical (unpaired) electrons. The van der Waals surface area contributed by atoms with E-state index in [9.17, 15) is 4.79 Å². The van der Waals surface area contributed by atoms with Crippen molar-refractivity contribution in [2.75, 3.05) is 18.2 Å². The molecule has 0 saturated carbocycles. The van der Waals surface area contributed by atoms with Crippen molar-refractivity contribution in [3.05, 3.63) is 65.7 Å². The number of hydrogen-bond donors (Lipinski definition) is 1. The summed E-state index contributed by atoms with van der Waals surface area (Å²) >= 11 is 7.61. The molecule has 0 aliphatic rings. The molecule has 2 aromatic carbocycles. The lowest BCUT2D eigenvalue weighted by atomic mass is 10.2. The standard InChI is InChI=1S/C21H21ClN4O2S/c1-4-11-26-20(15-7-5-6-8-16(15)22)24-25-21(26)29-13-19(27)23-17-12-14(2)9-10-18(17)28-3/h4-10,12H,1,11,13H2,2-3H3,(H,23,27). The van der Waals surface area contributed by atoms with E-state index in [2.05, 4.69) is 22.1 Å². The van der Waals surface area contributed by atoms with Crippen molar-refractivity contribution in [3.8, 4) is 17.1 Å². The van der Waals surface area contributed by atoms with Gasteiger partial charge in [-0.05, 0) is 36.8 Å². The average molecular weight is 429 g/mol. The molecule has 8 heteroatoms. The lowest BCUT2D eigenvalue weighted by Crippen LogP contribution is -2.15. The zero-order valence-corrected chi connectivity index (χ0v) is 17.8. The summed E-state index contributed by atoms with van der Waals surface area (Å²) in [5.74, 6) is 1.27. The summed E-state index contributed by atoms with van der Waals surface area (Å²) < 4.78 is 7.20. The van der Waals surface area contributed by atoms with Crippen LogP contribution in [0.5, 0.6) is 5.75 Å². The van der Waals surface area contributed by atoms with E-state index in [1.165, 1.54) is 11.8 Å². The minimum absolute atomic E-state index is 0.161. The Morgan fingerprint density at radius 3 is 2.83 bits per heavy atom. The number of benzene rings is 2. The van der Waals surface area contributed by atoms with E-state index in [0.717, 1.165) is 11.1 Å². The van der Waals surface area contributed by atoms with Crippen LogP contribution in [0.25, 0.3) is 11.4 Å². The van der Waals surface area contributed by atoms with Gasteiger partial charge in [-0.3, -0.25) is 9.36 Å². The highest BCUT2D eigenvalue weighted by molar-refractivity contribution is 7.99. The molecule has 1 N–H and O–H groups in total. The molecular formula is C21H21ClN4O2S. The zero-order valence-electron chi connectivity index (χ0n) is 16.2. The maximum atomic E-state index is 12.5. The third-order valence-corrected chi connectivity index (χ3v) is 5.40. The van der Waals surface area contributed by atoms with Crippen LogP contribution in [-0.2, 0) is 11.3 Å². The minimum Gasteiger partial charge on any atom is -0.495 e. The molecule has 0 aliphatic heterocycles. The molecule has 6 nitrogen and oxygen atoms in total. The van der Waals surface area contributed by atoms with Crippen LogP contribution >= 0.6 is 23.4 Å². The Labute approximate surface area is 178 Å². The van der Waals surface area contributed by atoms with Crippen LogP contribution in [0.1, 0.15) is 5.56 Å². The number of ether oxygens (including phenoxy) is 1. The number of nitrogens with one attached hydrogen (secondary N) is 1. The molecule has 0 bridgehead atoms. The van der Waals surface area contributed by atoms with Crippen molar-refractivity contribution in [1.29, 1.82) is 0 Å². The van der Waals surface area contributed by atoms with Gasteiger partial charge in [-0.1, -0.05) is 47.6 Å². The molecule has 3 aromatic rings. The molecular weight excluding hydrogens is 408 g/mol. The number of anilines is 1. The summed E-state index contributed by atoms with van der Waals surface area (Å²) in [6.45, 7) is 6.26. The van der Waals surface area contributed by atoms with E-state index in [1.54, 1.807) is 19.3 Å². The molecule has 0 spiro atoms. The van der Waals surface area contributed by atoms with Crippen LogP contribution in [-0.4, -0.2) is 33.5 Å². The van der Waals surface area contributed by atoms with Crippen molar-refractivity contribution in [1.82, 2.24) is 14.8 Å². The number of methoxy groups -OCH3 is 1. The summed E-state index contributed by atoms with van der Waals surface area (Å²) in [6.07, 6.45) is 1.76. The quantitative estimate of drug-likeness (QED) is 0.411. The Kier molecular flexibility index (Phi) is 6.95. The summed E-state index contributed by atoms with van der Waals surface area (Å²) in [6, 6.07) is 13.1. The molecule has 0 saturated heterocycles. The monoisotopic (exact) mass is 428 g/mol. The number of thioether (sulfide) groups is 1. The molecule has 0 atom stereocenters. The highest BCUT2D eigenvalue weighted by Gasteiger charge is 2.17. The second-order valence-electron chi connectivity index (χ2n) is 6.23. The molecule has 150 valence electrons. The predicted octanol–water partition coefficient (Wildman–Crippen LogP) is 4.83. The number of hydrogen-bond acceptors (Lipinski definition) is 5. The summed E-state index contributed by atoms with van der Waals surface area (Å²) in [4.78, 5) is 12.5. The predicted molar refractivity (Wildman–Crippen MR) is 118 cm³/mol. The number of aromatic nitrogens is 3. The second kappa shape index (κ2) is 9.62. The van der Waals surface area contributed by atoms with Gasteiger partial charge in [0.1, 0.15) is 5.75 Å². The van der Waals surface area contributed by atoms with Gasteiger partial charge in [0.2, 0.25) is 5.91 Å². The van der Waals surface area contributed by atoms with Gasteiger partial charge in [0.05, 0.1) is 23.6 Å². The minimum atomic E-state index is -0.161. The SMILES string of the molecule is C=CCn1c(SCC(=O)Nc2cc(C)ccc2OC)nnc1-c1ccccc1Cl. The van der Waals surface area contributed by atoms with Gasteiger partial charge >= 0.3 is 0 Å². The fraction of sp³-hybridized carbons (Fsp3) is 0.190. The summed E-state index contributed by atoms with van der Waals surface area (Å²) in [5, 5.41) is 12.6. The van der Waals surface area contributed by atoms with Crippen molar-refractivity contribution in [3.63, 3.8) is 0 Å². The van der Waals surface area contributed by atoms with Gasteiger partial charge in [0.25, 0.3) is 0 Å². The summed E-state index contributed by atoms with van der Waals surface area (Å²) in [7, 11) is 1.57. The largest absolute Gasteiger partial charge is 0.495 e. The van der Waals surface area contributed by atoms with Crippen LogP contribution in [0, 0.1) is 6.92 Å². The lowest BCUT2D eigenvalue weighted by molar-refractivity contribution is -0.113. The van der Waals surface area contributed by atoms with E-state index >= 15 is 0 Å². The first kappa shape index (κ1) is 21.0. The Morgan fingerprint density at radius 2 is 2.10 bits per heavy atom. The van der Waals surface area contributed by atoms with Crippen molar-refractivity contribution < 1.29 is 9.53 Å². The maximum absolute atomic E-state index is 12.5. The first-order valence-corrected chi connectivity index (χ1v) is 10.3. The molecule has 0 aliphatic carbocycles. The van der Waals surface area contributed by atoms with Gasteiger partial charge < -0.3 is 10.1 Å². The van der Waals surface area contributed by atoms with Crippen LogP contribution < -0.4 is 10.1 Å². The van der Waals surface area contributed by atoms with Gasteiger partial charge in [-0.25, -0.2) is 0 Å². The van der Waals surface area contributed by atoms with Gasteiger partial charge in [-0.2, -0.15) is 0 Å². The molecule has 1 aromatic heterocycles. The number of nitrogens with zero attached hydrogens (tertiary/aromatic N) is 3. The average Bonchev–Trinajstić information content (AvgIpc) is 3.10. The van der Waals surface area contributed by atoms with Crippen LogP contribution in [0.2, 0.25) is 5.02 Å². The van der Waals surface area contributed by atoms with Crippen LogP contribution in [0.3, 0.4) is 0 Å². The first-order valence-electron chi connectivity index (χ1n) is 8.89. The van der Waals surface area contributed by atoms with E-state index < -0.39 is 0 Å². The lowest BCUT2D eigenvalue weighted by Gasteiger charge is -2.11. The number of amides is 1. The number of halogens is 1. The molecule has 1 amide bonds. The normalized spacial score (nSPS) is 10.6. The third kappa shape index (κ3) is 4.99. The molecule has 29 heavy (non-hydrogen) atoms. The Hall–Kier alpha value is -2.77. The molecule has 1 heterocycles. The van der Waals surface area contributed by atoms with Gasteiger partial charge in [0.15, 0.2) is 11.0 Å².